The van der Waals surface area contributed by atoms with Gasteiger partial charge in [-0.25, -0.2) is 0 Å². The summed E-state index contributed by atoms with van der Waals surface area (Å²) in [7, 11) is 1.47. The molecule has 2 heterocycles. The number of methoxy groups -OCH3 is 1. The molecule has 0 atom stereocenters. The summed E-state index contributed by atoms with van der Waals surface area (Å²) in [5.41, 5.74) is 5.50. The van der Waals surface area contributed by atoms with Gasteiger partial charge in [-0.3, -0.25) is 4.90 Å². The number of likely N-dealkylation sites (tertiary alicyclic amines) is 1. The van der Waals surface area contributed by atoms with Gasteiger partial charge >= 0.3 is 12.0 Å². The van der Waals surface area contributed by atoms with Crippen molar-refractivity contribution in [3.8, 4) is 12.0 Å². The quantitative estimate of drug-likeness (QED) is 0.770. The predicted molar refractivity (Wildman–Crippen MR) is 62.0 cm³/mol. The first kappa shape index (κ1) is 11.8. The Hall–Kier alpha value is -1.63. The van der Waals surface area contributed by atoms with Crippen molar-refractivity contribution < 1.29 is 9.47 Å². The monoisotopic (exact) mass is 239 g/mol. The Kier molecular flexibility index (Phi) is 3.92. The van der Waals surface area contributed by atoms with Gasteiger partial charge in [-0.15, -0.1) is 4.98 Å². The number of hydrogen-bond donors (Lipinski definition) is 1. The lowest BCUT2D eigenvalue weighted by molar-refractivity contribution is 0.222. The van der Waals surface area contributed by atoms with Gasteiger partial charge < -0.3 is 15.2 Å². The molecule has 2 rings (SSSR count). The summed E-state index contributed by atoms with van der Waals surface area (Å²) in [4.78, 5) is 14.0. The van der Waals surface area contributed by atoms with Crippen LogP contribution in [0.25, 0.3) is 0 Å². The summed E-state index contributed by atoms with van der Waals surface area (Å²) in [6.45, 7) is 3.72. The molecule has 0 unspecified atom stereocenters. The molecule has 2 N–H and O–H groups in total. The average Bonchev–Trinajstić information content (AvgIpc) is 2.81. The predicted octanol–water partition coefficient (Wildman–Crippen LogP) is -0.0630. The second-order valence-electron chi connectivity index (χ2n) is 3.86. The van der Waals surface area contributed by atoms with E-state index in [0.29, 0.717) is 6.61 Å². The highest BCUT2D eigenvalue weighted by Crippen LogP contribution is 2.11. The number of nitrogens with two attached hydrogens (primary N) is 1. The third kappa shape index (κ3) is 3.42. The summed E-state index contributed by atoms with van der Waals surface area (Å²) in [6, 6.07) is 0.391. The Morgan fingerprint density at radius 3 is 2.59 bits per heavy atom. The number of anilines is 1. The van der Waals surface area contributed by atoms with Crippen molar-refractivity contribution in [1.29, 1.82) is 0 Å². The molecular formula is C10H17N5O2. The first-order valence-corrected chi connectivity index (χ1v) is 5.68. The van der Waals surface area contributed by atoms with Crippen molar-refractivity contribution in [3.63, 3.8) is 0 Å². The zero-order valence-corrected chi connectivity index (χ0v) is 9.93. The van der Waals surface area contributed by atoms with Crippen molar-refractivity contribution in [2.75, 3.05) is 39.1 Å². The SMILES string of the molecule is COc1nc(N)nc(OCCN2CCCC2)n1. The lowest BCUT2D eigenvalue weighted by atomic mass is 10.4. The molecule has 0 aliphatic carbocycles. The van der Waals surface area contributed by atoms with Crippen molar-refractivity contribution in [3.05, 3.63) is 0 Å². The Balaban J connectivity index is 1.83. The Morgan fingerprint density at radius 2 is 1.88 bits per heavy atom. The molecule has 7 nitrogen and oxygen atoms in total. The summed E-state index contributed by atoms with van der Waals surface area (Å²) in [6.07, 6.45) is 2.54. The van der Waals surface area contributed by atoms with Crippen molar-refractivity contribution in [1.82, 2.24) is 19.9 Å². The molecule has 1 saturated heterocycles. The van der Waals surface area contributed by atoms with E-state index in [1.54, 1.807) is 0 Å². The van der Waals surface area contributed by atoms with Gasteiger partial charge in [0.2, 0.25) is 5.95 Å². The topological polar surface area (TPSA) is 86.4 Å². The zero-order valence-electron chi connectivity index (χ0n) is 9.93. The molecular weight excluding hydrogens is 222 g/mol. The maximum absolute atomic E-state index is 5.50. The highest BCUT2D eigenvalue weighted by Gasteiger charge is 2.11. The number of aromatic nitrogens is 3. The van der Waals surface area contributed by atoms with Gasteiger partial charge in [0.1, 0.15) is 6.61 Å². The van der Waals surface area contributed by atoms with Crippen LogP contribution < -0.4 is 15.2 Å². The number of nitrogens with zero attached hydrogens (tertiary/aromatic N) is 4. The van der Waals surface area contributed by atoms with E-state index >= 15 is 0 Å². The normalized spacial score (nSPS) is 16.1. The van der Waals surface area contributed by atoms with E-state index in [4.69, 9.17) is 15.2 Å². The standard InChI is InChI=1S/C10H17N5O2/c1-16-9-12-8(11)13-10(14-9)17-7-6-15-4-2-3-5-15/h2-7H2,1H3,(H2,11,12,13,14). The molecule has 0 aromatic carbocycles. The smallest absolute Gasteiger partial charge is 0.324 e. The molecule has 1 fully saturated rings. The largest absolute Gasteiger partial charge is 0.467 e. The molecule has 1 aromatic heterocycles. The molecule has 1 aliphatic rings. The van der Waals surface area contributed by atoms with Crippen LogP contribution in [-0.4, -0.2) is 53.2 Å². The van der Waals surface area contributed by atoms with Crippen molar-refractivity contribution >= 4 is 5.95 Å². The van der Waals surface area contributed by atoms with E-state index in [1.807, 2.05) is 0 Å². The van der Waals surface area contributed by atoms with Crippen molar-refractivity contribution in [2.45, 2.75) is 12.8 Å². The molecule has 0 bridgehead atoms. The Labute approximate surface area is 100.0 Å². The van der Waals surface area contributed by atoms with Gasteiger partial charge in [-0.2, -0.15) is 9.97 Å². The average molecular weight is 239 g/mol. The first-order valence-electron chi connectivity index (χ1n) is 5.68. The lowest BCUT2D eigenvalue weighted by Gasteiger charge is -2.14. The first-order chi connectivity index (χ1) is 8.28. The number of nitrogen functional groups attached to an aromatic ring is 1. The minimum absolute atomic E-state index is 0.105. The minimum atomic E-state index is 0.105. The van der Waals surface area contributed by atoms with Gasteiger partial charge in [0, 0.05) is 6.54 Å². The van der Waals surface area contributed by atoms with Crippen LogP contribution >= 0.6 is 0 Å². The molecule has 1 aromatic rings. The highest BCUT2D eigenvalue weighted by molar-refractivity contribution is 5.20. The fraction of sp³-hybridized carbons (Fsp3) is 0.700. The maximum Gasteiger partial charge on any atom is 0.324 e. The fourth-order valence-corrected chi connectivity index (χ4v) is 1.78. The van der Waals surface area contributed by atoms with Gasteiger partial charge in [0.05, 0.1) is 7.11 Å². The summed E-state index contributed by atoms with van der Waals surface area (Å²) >= 11 is 0. The second kappa shape index (κ2) is 5.62. The van der Waals surface area contributed by atoms with Crippen LogP contribution in [0.5, 0.6) is 12.0 Å². The van der Waals surface area contributed by atoms with Gasteiger partial charge in [0.25, 0.3) is 0 Å². The van der Waals surface area contributed by atoms with Crippen LogP contribution in [0.3, 0.4) is 0 Å². The van der Waals surface area contributed by atoms with Crippen LogP contribution in [0.15, 0.2) is 0 Å². The maximum atomic E-state index is 5.50. The molecule has 0 amide bonds. The van der Waals surface area contributed by atoms with E-state index < -0.39 is 0 Å². The molecule has 0 saturated carbocycles. The van der Waals surface area contributed by atoms with Crippen LogP contribution in [-0.2, 0) is 0 Å². The second-order valence-corrected chi connectivity index (χ2v) is 3.86. The fourth-order valence-electron chi connectivity index (χ4n) is 1.78. The van der Waals surface area contributed by atoms with Crippen LogP contribution in [0, 0.1) is 0 Å². The molecule has 0 radical (unpaired) electrons. The minimum Gasteiger partial charge on any atom is -0.467 e. The third-order valence-electron chi connectivity index (χ3n) is 2.63. The van der Waals surface area contributed by atoms with E-state index in [0.717, 1.165) is 19.6 Å². The highest BCUT2D eigenvalue weighted by atomic mass is 16.5. The molecule has 0 spiro atoms. The molecule has 1 aliphatic heterocycles. The van der Waals surface area contributed by atoms with E-state index in [-0.39, 0.29) is 18.0 Å². The molecule has 7 heteroatoms. The van der Waals surface area contributed by atoms with Crippen LogP contribution in [0.4, 0.5) is 5.95 Å². The van der Waals surface area contributed by atoms with Crippen LogP contribution in [0.1, 0.15) is 12.8 Å². The van der Waals surface area contributed by atoms with E-state index in [1.165, 1.54) is 20.0 Å². The summed E-state index contributed by atoms with van der Waals surface area (Å²) in [5, 5.41) is 0. The summed E-state index contributed by atoms with van der Waals surface area (Å²) in [5.74, 6) is 0.105. The van der Waals surface area contributed by atoms with Crippen molar-refractivity contribution in [2.24, 2.45) is 0 Å². The molecule has 17 heavy (non-hydrogen) atoms. The van der Waals surface area contributed by atoms with Gasteiger partial charge in [-0.05, 0) is 25.9 Å². The van der Waals surface area contributed by atoms with E-state index in [9.17, 15) is 0 Å². The Bertz CT molecular complexity index is 368. The van der Waals surface area contributed by atoms with Gasteiger partial charge in [-0.1, -0.05) is 0 Å². The lowest BCUT2D eigenvalue weighted by Crippen LogP contribution is -2.25. The summed E-state index contributed by atoms with van der Waals surface area (Å²) < 4.78 is 10.3. The zero-order chi connectivity index (χ0) is 12.1. The third-order valence-corrected chi connectivity index (χ3v) is 2.63. The Morgan fingerprint density at radius 1 is 1.18 bits per heavy atom. The van der Waals surface area contributed by atoms with Crippen LogP contribution in [0.2, 0.25) is 0 Å². The van der Waals surface area contributed by atoms with Gasteiger partial charge in [0.15, 0.2) is 0 Å². The number of ether oxygens (including phenoxy) is 2. The van der Waals surface area contributed by atoms with E-state index in [2.05, 4.69) is 19.9 Å². The molecule has 94 valence electrons. The number of rotatable bonds is 5. The number of hydrogen-bond acceptors (Lipinski definition) is 7.